The van der Waals surface area contributed by atoms with Gasteiger partial charge in [0.25, 0.3) is 0 Å². The van der Waals surface area contributed by atoms with Crippen LogP contribution in [0.1, 0.15) is 63.0 Å². The number of hydrogen-bond donors (Lipinski definition) is 0. The number of halogens is 1. The van der Waals surface area contributed by atoms with Crippen LogP contribution in [0.3, 0.4) is 0 Å². The maximum atomic E-state index is 8.89. The zero-order chi connectivity index (χ0) is 17.6. The summed E-state index contributed by atoms with van der Waals surface area (Å²) in [7, 11) is 0. The SMILES string of the molecule is CC[C@H]1CC[C@H](CCC2=CN=C(c3ccc(C#N)cc3)N(Cl)C2)CC1. The Morgan fingerprint density at radius 1 is 1.16 bits per heavy atom. The van der Waals surface area contributed by atoms with E-state index in [9.17, 15) is 0 Å². The molecule has 2 aliphatic rings. The second-order valence-electron chi connectivity index (χ2n) is 7.28. The Labute approximate surface area is 156 Å². The van der Waals surface area contributed by atoms with Crippen LogP contribution in [0.4, 0.5) is 0 Å². The van der Waals surface area contributed by atoms with Gasteiger partial charge in [-0.1, -0.05) is 39.0 Å². The second kappa shape index (κ2) is 8.54. The van der Waals surface area contributed by atoms with E-state index < -0.39 is 0 Å². The quantitative estimate of drug-likeness (QED) is 0.640. The molecule has 132 valence electrons. The molecule has 0 bridgehead atoms. The fourth-order valence-corrected chi connectivity index (χ4v) is 4.17. The molecule has 0 radical (unpaired) electrons. The fourth-order valence-electron chi connectivity index (χ4n) is 3.88. The molecule has 1 aliphatic carbocycles. The minimum Gasteiger partial charge on any atom is -0.264 e. The van der Waals surface area contributed by atoms with Crippen LogP contribution in [0.5, 0.6) is 0 Å². The minimum absolute atomic E-state index is 0.648. The lowest BCUT2D eigenvalue weighted by atomic mass is 9.78. The first kappa shape index (κ1) is 18.0. The number of nitrogens with zero attached hydrogens (tertiary/aromatic N) is 3. The molecule has 1 aliphatic heterocycles. The highest BCUT2D eigenvalue weighted by molar-refractivity contribution is 6.25. The number of benzene rings is 1. The van der Waals surface area contributed by atoms with Crippen molar-refractivity contribution in [2.45, 2.75) is 51.9 Å². The average molecular weight is 356 g/mol. The molecule has 1 fully saturated rings. The van der Waals surface area contributed by atoms with Crippen molar-refractivity contribution in [2.24, 2.45) is 16.8 Å². The van der Waals surface area contributed by atoms with Gasteiger partial charge in [-0.15, -0.1) is 0 Å². The van der Waals surface area contributed by atoms with Crippen molar-refractivity contribution < 1.29 is 0 Å². The van der Waals surface area contributed by atoms with Gasteiger partial charge in [0.1, 0.15) is 0 Å². The van der Waals surface area contributed by atoms with Crippen LogP contribution in [-0.4, -0.2) is 16.8 Å². The third-order valence-corrected chi connectivity index (χ3v) is 5.91. The maximum absolute atomic E-state index is 8.89. The van der Waals surface area contributed by atoms with Gasteiger partial charge in [-0.3, -0.25) is 4.42 Å². The number of nitriles is 1. The highest BCUT2D eigenvalue weighted by atomic mass is 35.5. The lowest BCUT2D eigenvalue weighted by molar-refractivity contribution is 0.258. The summed E-state index contributed by atoms with van der Waals surface area (Å²) in [5.41, 5.74) is 2.91. The summed E-state index contributed by atoms with van der Waals surface area (Å²) >= 11 is 6.44. The standard InChI is InChI=1S/C21H26ClN3/c1-2-16-3-5-17(6-4-16)7-8-19-14-24-21(25(22)15-19)20-11-9-18(13-23)10-12-20/h9-12,14,16-17H,2-8,15H2,1H3/t16-,17-. The lowest BCUT2D eigenvalue weighted by Crippen LogP contribution is -2.27. The van der Waals surface area contributed by atoms with Gasteiger partial charge in [0, 0.05) is 23.5 Å². The number of aliphatic imine (C=N–C) groups is 1. The molecule has 0 amide bonds. The summed E-state index contributed by atoms with van der Waals surface area (Å²) in [6, 6.07) is 9.53. The molecule has 1 heterocycles. The molecule has 0 atom stereocenters. The molecular weight excluding hydrogens is 330 g/mol. The topological polar surface area (TPSA) is 39.4 Å². The predicted octanol–water partition coefficient (Wildman–Crippen LogP) is 5.65. The van der Waals surface area contributed by atoms with Crippen molar-refractivity contribution in [3.63, 3.8) is 0 Å². The first-order valence-electron chi connectivity index (χ1n) is 9.39. The molecule has 1 saturated carbocycles. The second-order valence-corrected chi connectivity index (χ2v) is 7.69. The Morgan fingerprint density at radius 3 is 2.44 bits per heavy atom. The van der Waals surface area contributed by atoms with E-state index in [4.69, 9.17) is 17.0 Å². The van der Waals surface area contributed by atoms with Crippen LogP contribution < -0.4 is 0 Å². The van der Waals surface area contributed by atoms with Crippen LogP contribution in [0.2, 0.25) is 0 Å². The Balaban J connectivity index is 1.57. The molecule has 1 aromatic carbocycles. The van der Waals surface area contributed by atoms with Gasteiger partial charge in [-0.2, -0.15) is 5.26 Å². The van der Waals surface area contributed by atoms with E-state index in [1.165, 1.54) is 44.1 Å². The third kappa shape index (κ3) is 4.64. The Bertz CT molecular complexity index is 676. The summed E-state index contributed by atoms with van der Waals surface area (Å²) in [6.07, 6.45) is 11.3. The van der Waals surface area contributed by atoms with E-state index in [1.807, 2.05) is 18.3 Å². The van der Waals surface area contributed by atoms with E-state index in [0.29, 0.717) is 5.56 Å². The van der Waals surface area contributed by atoms with Gasteiger partial charge in [0.2, 0.25) is 0 Å². The van der Waals surface area contributed by atoms with Gasteiger partial charge in [-0.25, -0.2) is 4.99 Å². The first-order valence-corrected chi connectivity index (χ1v) is 9.73. The van der Waals surface area contributed by atoms with Crippen LogP contribution in [-0.2, 0) is 0 Å². The van der Waals surface area contributed by atoms with Crippen LogP contribution in [0.25, 0.3) is 0 Å². The van der Waals surface area contributed by atoms with E-state index in [0.717, 1.165) is 36.2 Å². The molecule has 0 saturated heterocycles. The van der Waals surface area contributed by atoms with Gasteiger partial charge in [0.15, 0.2) is 5.84 Å². The highest BCUT2D eigenvalue weighted by Crippen LogP contribution is 2.34. The van der Waals surface area contributed by atoms with Crippen molar-refractivity contribution in [1.29, 1.82) is 5.26 Å². The van der Waals surface area contributed by atoms with Crippen LogP contribution >= 0.6 is 11.8 Å². The molecule has 3 rings (SSSR count). The van der Waals surface area contributed by atoms with E-state index in [-0.39, 0.29) is 0 Å². The average Bonchev–Trinajstić information content (AvgIpc) is 2.67. The first-order chi connectivity index (χ1) is 12.2. The normalized spacial score (nSPS) is 23.6. The molecule has 4 heteroatoms. The van der Waals surface area contributed by atoms with Crippen molar-refractivity contribution in [1.82, 2.24) is 4.42 Å². The summed E-state index contributed by atoms with van der Waals surface area (Å²) in [6.45, 7) is 3.04. The number of amidine groups is 1. The Kier molecular flexibility index (Phi) is 6.15. The van der Waals surface area contributed by atoms with E-state index >= 15 is 0 Å². The smallest absolute Gasteiger partial charge is 0.150 e. The number of hydrogen-bond acceptors (Lipinski definition) is 3. The number of rotatable bonds is 5. The Hall–Kier alpha value is -1.79. The molecule has 3 nitrogen and oxygen atoms in total. The highest BCUT2D eigenvalue weighted by Gasteiger charge is 2.22. The summed E-state index contributed by atoms with van der Waals surface area (Å²) < 4.78 is 1.70. The molecule has 0 spiro atoms. The monoisotopic (exact) mass is 355 g/mol. The minimum atomic E-state index is 0.648. The summed E-state index contributed by atoms with van der Waals surface area (Å²) in [5.74, 6) is 2.60. The largest absolute Gasteiger partial charge is 0.264 e. The van der Waals surface area contributed by atoms with Gasteiger partial charge < -0.3 is 0 Å². The maximum Gasteiger partial charge on any atom is 0.150 e. The van der Waals surface area contributed by atoms with Crippen molar-refractivity contribution in [3.8, 4) is 6.07 Å². The molecule has 0 unspecified atom stereocenters. The zero-order valence-electron chi connectivity index (χ0n) is 14.9. The zero-order valence-corrected chi connectivity index (χ0v) is 15.7. The van der Waals surface area contributed by atoms with Crippen LogP contribution in [0, 0.1) is 23.2 Å². The van der Waals surface area contributed by atoms with Gasteiger partial charge in [-0.05, 0) is 54.5 Å². The molecule has 25 heavy (non-hydrogen) atoms. The van der Waals surface area contributed by atoms with E-state index in [2.05, 4.69) is 18.0 Å². The lowest BCUT2D eigenvalue weighted by Gasteiger charge is -2.29. The predicted molar refractivity (Wildman–Crippen MR) is 103 cm³/mol. The summed E-state index contributed by atoms with van der Waals surface area (Å²) in [4.78, 5) is 4.57. The van der Waals surface area contributed by atoms with Crippen molar-refractivity contribution in [2.75, 3.05) is 6.54 Å². The molecule has 0 N–H and O–H groups in total. The summed E-state index contributed by atoms with van der Waals surface area (Å²) in [5, 5.41) is 8.89. The van der Waals surface area contributed by atoms with Crippen LogP contribution in [0.15, 0.2) is 41.0 Å². The molecule has 1 aromatic rings. The van der Waals surface area contributed by atoms with E-state index in [1.54, 1.807) is 16.6 Å². The van der Waals surface area contributed by atoms with Gasteiger partial charge >= 0.3 is 0 Å². The van der Waals surface area contributed by atoms with Gasteiger partial charge in [0.05, 0.1) is 18.2 Å². The Morgan fingerprint density at radius 2 is 1.84 bits per heavy atom. The molecule has 0 aromatic heterocycles. The fraction of sp³-hybridized carbons (Fsp3) is 0.524. The van der Waals surface area contributed by atoms with Crippen molar-refractivity contribution in [3.05, 3.63) is 47.2 Å². The molecular formula is C21H26ClN3. The van der Waals surface area contributed by atoms with Crippen molar-refractivity contribution >= 4 is 17.6 Å². The third-order valence-electron chi connectivity index (χ3n) is 5.63.